The summed E-state index contributed by atoms with van der Waals surface area (Å²) in [5.41, 5.74) is 1.89. The van der Waals surface area contributed by atoms with Crippen LogP contribution in [0.25, 0.3) is 10.9 Å². The molecule has 2 aromatic rings. The predicted octanol–water partition coefficient (Wildman–Crippen LogP) is 5.13. The van der Waals surface area contributed by atoms with Crippen LogP contribution in [0.2, 0.25) is 5.02 Å². The molecule has 2 atom stereocenters. The van der Waals surface area contributed by atoms with Crippen LogP contribution in [0.1, 0.15) is 74.5 Å². The maximum Gasteiger partial charge on any atom is 0.303 e. The van der Waals surface area contributed by atoms with E-state index in [1.807, 2.05) is 17.7 Å². The minimum atomic E-state index is -0.920. The van der Waals surface area contributed by atoms with E-state index in [0.717, 1.165) is 24.8 Å². The zero-order chi connectivity index (χ0) is 20.1. The first-order valence-corrected chi connectivity index (χ1v) is 9.84. The van der Waals surface area contributed by atoms with Gasteiger partial charge in [0.2, 0.25) is 0 Å². The van der Waals surface area contributed by atoms with Crippen LogP contribution in [-0.4, -0.2) is 26.5 Å². The van der Waals surface area contributed by atoms with Gasteiger partial charge in [-0.05, 0) is 30.5 Å². The third-order valence-corrected chi connectivity index (χ3v) is 5.17. The smallest absolute Gasteiger partial charge is 0.303 e. The summed E-state index contributed by atoms with van der Waals surface area (Å²) in [6.45, 7) is 3.85. The second-order valence-corrected chi connectivity index (χ2v) is 7.76. The van der Waals surface area contributed by atoms with Crippen LogP contribution in [-0.2, 0) is 11.8 Å². The average molecular weight is 394 g/mol. The molecule has 0 radical (unpaired) electrons. The van der Waals surface area contributed by atoms with Crippen molar-refractivity contribution in [3.05, 3.63) is 34.5 Å². The number of carbonyl (C=O) groups excluding carboxylic acids is 1. The Morgan fingerprint density at radius 3 is 2.56 bits per heavy atom. The Morgan fingerprint density at radius 2 is 1.93 bits per heavy atom. The zero-order valence-electron chi connectivity index (χ0n) is 16.2. The highest BCUT2D eigenvalue weighted by atomic mass is 35.5. The Bertz CT molecular complexity index is 827. The van der Waals surface area contributed by atoms with Gasteiger partial charge >= 0.3 is 5.97 Å². The highest BCUT2D eigenvalue weighted by molar-refractivity contribution is 6.31. The van der Waals surface area contributed by atoms with Gasteiger partial charge in [0.15, 0.2) is 5.78 Å². The summed E-state index contributed by atoms with van der Waals surface area (Å²) in [7, 11) is 1.84. The van der Waals surface area contributed by atoms with Gasteiger partial charge in [-0.3, -0.25) is 9.59 Å². The molecular formula is C21H28ClNO4. The summed E-state index contributed by atoms with van der Waals surface area (Å²) in [5.74, 6) is -1.35. The fourth-order valence-electron chi connectivity index (χ4n) is 3.63. The number of rotatable bonds is 10. The number of unbranched alkanes of at least 4 members (excludes halogenated alkanes) is 2. The Kier molecular flexibility index (Phi) is 7.45. The van der Waals surface area contributed by atoms with Crippen LogP contribution < -0.4 is 0 Å². The molecule has 0 aliphatic rings. The van der Waals surface area contributed by atoms with Crippen LogP contribution in [0.15, 0.2) is 18.2 Å². The molecule has 6 heteroatoms. The maximum absolute atomic E-state index is 13.1. The van der Waals surface area contributed by atoms with E-state index in [0.29, 0.717) is 28.1 Å². The standard InChI is InChI=1S/C21H28ClNO4/c1-4-5-6-7-17(24)21-20(18(25)10-13(2)11-19(26)27)15-12-14(22)8-9-16(15)23(21)3/h8-9,12-13,17,24H,4-7,10-11H2,1-3H3,(H,26,27)/t13?,17-/m0/s1. The third kappa shape index (κ3) is 5.11. The first kappa shape index (κ1) is 21.5. The number of nitrogens with zero attached hydrogens (tertiary/aromatic N) is 1. The van der Waals surface area contributed by atoms with Crippen molar-refractivity contribution in [3.63, 3.8) is 0 Å². The lowest BCUT2D eigenvalue weighted by molar-refractivity contribution is -0.137. The fourth-order valence-corrected chi connectivity index (χ4v) is 3.80. The molecule has 27 heavy (non-hydrogen) atoms. The molecule has 148 valence electrons. The molecule has 2 rings (SSSR count). The maximum atomic E-state index is 13.1. The lowest BCUT2D eigenvalue weighted by atomic mass is 9.93. The molecule has 0 saturated heterocycles. The predicted molar refractivity (Wildman–Crippen MR) is 107 cm³/mol. The van der Waals surface area contributed by atoms with Gasteiger partial charge < -0.3 is 14.8 Å². The van der Waals surface area contributed by atoms with Gasteiger partial charge in [0.1, 0.15) is 0 Å². The van der Waals surface area contributed by atoms with E-state index in [-0.39, 0.29) is 24.5 Å². The largest absolute Gasteiger partial charge is 0.481 e. The normalized spacial score (nSPS) is 13.7. The number of Topliss-reactive ketones (excluding diaryl/α,β-unsaturated/α-hetero) is 1. The molecule has 0 aliphatic carbocycles. The highest BCUT2D eigenvalue weighted by Crippen LogP contribution is 2.35. The lowest BCUT2D eigenvalue weighted by Crippen LogP contribution is -2.14. The number of carboxylic acids is 1. The monoisotopic (exact) mass is 393 g/mol. The zero-order valence-corrected chi connectivity index (χ0v) is 16.9. The van der Waals surface area contributed by atoms with Crippen molar-refractivity contribution in [2.45, 2.75) is 58.5 Å². The molecule has 1 aromatic heterocycles. The molecular weight excluding hydrogens is 366 g/mol. The SMILES string of the molecule is CCCCC[C@H](O)c1c(C(=O)CC(C)CC(=O)O)c2cc(Cl)ccc2n1C. The van der Waals surface area contributed by atoms with Crippen molar-refractivity contribution in [3.8, 4) is 0 Å². The van der Waals surface area contributed by atoms with Crippen LogP contribution >= 0.6 is 11.6 Å². The van der Waals surface area contributed by atoms with E-state index in [1.165, 1.54) is 0 Å². The van der Waals surface area contributed by atoms with Gasteiger partial charge in [0.05, 0.1) is 11.8 Å². The second kappa shape index (κ2) is 9.38. The number of halogens is 1. The Labute approximate surface area is 164 Å². The highest BCUT2D eigenvalue weighted by Gasteiger charge is 2.27. The number of ketones is 1. The van der Waals surface area contributed by atoms with Gasteiger partial charge in [-0.25, -0.2) is 0 Å². The van der Waals surface area contributed by atoms with Crippen molar-refractivity contribution in [1.82, 2.24) is 4.57 Å². The molecule has 2 N–H and O–H groups in total. The number of aryl methyl sites for hydroxylation is 1. The lowest BCUT2D eigenvalue weighted by Gasteiger charge is -2.15. The Morgan fingerprint density at radius 1 is 1.22 bits per heavy atom. The Balaban J connectivity index is 2.47. The van der Waals surface area contributed by atoms with E-state index in [9.17, 15) is 14.7 Å². The molecule has 0 spiro atoms. The molecule has 1 unspecified atom stereocenters. The number of aromatic nitrogens is 1. The van der Waals surface area contributed by atoms with Gasteiger partial charge in [-0.1, -0.05) is 44.7 Å². The van der Waals surface area contributed by atoms with Crippen molar-refractivity contribution in [2.75, 3.05) is 0 Å². The third-order valence-electron chi connectivity index (χ3n) is 4.94. The van der Waals surface area contributed by atoms with E-state index >= 15 is 0 Å². The number of hydrogen-bond acceptors (Lipinski definition) is 3. The fraction of sp³-hybridized carbons (Fsp3) is 0.524. The van der Waals surface area contributed by atoms with E-state index < -0.39 is 12.1 Å². The summed E-state index contributed by atoms with van der Waals surface area (Å²) in [6, 6.07) is 5.35. The summed E-state index contributed by atoms with van der Waals surface area (Å²) in [5, 5.41) is 21.0. The summed E-state index contributed by atoms with van der Waals surface area (Å²) in [6.07, 6.45) is 2.83. The molecule has 5 nitrogen and oxygen atoms in total. The topological polar surface area (TPSA) is 79.5 Å². The molecule has 0 fully saturated rings. The van der Waals surface area contributed by atoms with E-state index in [1.54, 1.807) is 19.1 Å². The average Bonchev–Trinajstić information content (AvgIpc) is 2.86. The van der Waals surface area contributed by atoms with Crippen LogP contribution in [0.4, 0.5) is 0 Å². The van der Waals surface area contributed by atoms with Gasteiger partial charge in [0, 0.05) is 41.4 Å². The summed E-state index contributed by atoms with van der Waals surface area (Å²) < 4.78 is 1.86. The summed E-state index contributed by atoms with van der Waals surface area (Å²) >= 11 is 6.15. The number of aliphatic carboxylic acids is 1. The first-order valence-electron chi connectivity index (χ1n) is 9.47. The van der Waals surface area contributed by atoms with E-state index in [2.05, 4.69) is 6.92 Å². The van der Waals surface area contributed by atoms with Gasteiger partial charge in [-0.2, -0.15) is 0 Å². The minimum Gasteiger partial charge on any atom is -0.481 e. The molecule has 0 amide bonds. The number of aliphatic hydroxyl groups excluding tert-OH is 1. The second-order valence-electron chi connectivity index (χ2n) is 7.32. The van der Waals surface area contributed by atoms with Gasteiger partial charge in [0.25, 0.3) is 0 Å². The van der Waals surface area contributed by atoms with E-state index in [4.69, 9.17) is 16.7 Å². The van der Waals surface area contributed by atoms with Crippen molar-refractivity contribution < 1.29 is 19.8 Å². The minimum absolute atomic E-state index is 0.0638. The molecule has 1 aromatic carbocycles. The molecule has 1 heterocycles. The number of aliphatic hydroxyl groups is 1. The number of fused-ring (bicyclic) bond motifs is 1. The Hall–Kier alpha value is -1.85. The van der Waals surface area contributed by atoms with Crippen LogP contribution in [0, 0.1) is 5.92 Å². The van der Waals surface area contributed by atoms with Crippen LogP contribution in [0.3, 0.4) is 0 Å². The number of carboxylic acid groups (broad SMARTS) is 1. The van der Waals surface area contributed by atoms with Gasteiger partial charge in [-0.15, -0.1) is 0 Å². The molecule has 0 aliphatic heterocycles. The molecule has 0 saturated carbocycles. The number of carbonyl (C=O) groups is 2. The van der Waals surface area contributed by atoms with Crippen LogP contribution in [0.5, 0.6) is 0 Å². The summed E-state index contributed by atoms with van der Waals surface area (Å²) in [4.78, 5) is 24.0. The number of benzene rings is 1. The number of hydrogen-bond donors (Lipinski definition) is 2. The first-order chi connectivity index (χ1) is 12.8. The van der Waals surface area contributed by atoms with Crippen molar-refractivity contribution in [2.24, 2.45) is 13.0 Å². The quantitative estimate of drug-likeness (QED) is 0.433. The molecule has 0 bridgehead atoms. The van der Waals surface area contributed by atoms with Crippen molar-refractivity contribution in [1.29, 1.82) is 0 Å². The van der Waals surface area contributed by atoms with Crippen molar-refractivity contribution >= 4 is 34.3 Å².